The molecule has 1 aromatic heterocycles. The molecular formula is C27H32ILiN4O7S2. The number of amides is 3. The largest absolute Gasteiger partial charge is 1.00 e. The van der Waals surface area contributed by atoms with Crippen molar-refractivity contribution >= 4 is 74.5 Å². The minimum absolute atomic E-state index is 0. The van der Waals surface area contributed by atoms with E-state index in [0.29, 0.717) is 36.6 Å². The number of carbonyl (C=O) groups excluding carboxylic acids is 4. The Kier molecular flexibility index (Phi) is 17.7. The molecule has 1 heterocycles. The summed E-state index contributed by atoms with van der Waals surface area (Å²) in [5.74, 6) is -2.53. The van der Waals surface area contributed by atoms with Crippen LogP contribution >= 0.6 is 34.2 Å². The zero-order valence-corrected chi connectivity index (χ0v) is 27.6. The van der Waals surface area contributed by atoms with E-state index in [0.717, 1.165) is 38.4 Å². The minimum Gasteiger partial charge on any atom is -0.617 e. The van der Waals surface area contributed by atoms with Crippen molar-refractivity contribution in [3.05, 3.63) is 75.8 Å². The number of halogens is 1. The average Bonchev–Trinajstić information content (AvgIpc) is 3.41. The van der Waals surface area contributed by atoms with Crippen LogP contribution in [0.25, 0.3) is 10.9 Å². The predicted octanol–water partition coefficient (Wildman–Crippen LogP) is 1.69. The van der Waals surface area contributed by atoms with Crippen LogP contribution in [0.2, 0.25) is 0 Å². The van der Waals surface area contributed by atoms with E-state index in [1.165, 1.54) is 23.0 Å². The number of carbonyl (C=O) groups is 4. The first-order chi connectivity index (χ1) is 19.5. The van der Waals surface area contributed by atoms with Crippen LogP contribution in [0.4, 0.5) is 0 Å². The zero-order valence-electron chi connectivity index (χ0n) is 23.9. The number of aromatic nitrogens is 1. The van der Waals surface area contributed by atoms with E-state index >= 15 is 0 Å². The van der Waals surface area contributed by atoms with Gasteiger partial charge in [0.15, 0.2) is 11.1 Å². The van der Waals surface area contributed by atoms with Gasteiger partial charge in [-0.25, -0.2) is 14.0 Å². The third kappa shape index (κ3) is 12.9. The van der Waals surface area contributed by atoms with Gasteiger partial charge < -0.3 is 20.2 Å². The van der Waals surface area contributed by atoms with E-state index in [2.05, 4.69) is 33.5 Å². The Hall–Kier alpha value is -2.35. The van der Waals surface area contributed by atoms with Gasteiger partial charge in [0.25, 0.3) is 5.91 Å². The Bertz CT molecular complexity index is 1290. The number of ether oxygens (including phenoxy) is 1. The molecule has 2 rings (SSSR count). The smallest absolute Gasteiger partial charge is 0.617 e. The third-order valence-electron chi connectivity index (χ3n) is 5.50. The van der Waals surface area contributed by atoms with Gasteiger partial charge in [-0.05, 0) is 25.7 Å². The minimum atomic E-state index is -1.24. The summed E-state index contributed by atoms with van der Waals surface area (Å²) in [5, 5.41) is 7.89. The number of thiazole rings is 1. The van der Waals surface area contributed by atoms with Gasteiger partial charge >= 0.3 is 24.8 Å². The fourth-order valence-corrected chi connectivity index (χ4v) is 5.16. The monoisotopic (exact) mass is 722 g/mol. The van der Waals surface area contributed by atoms with E-state index in [9.17, 15) is 23.4 Å². The van der Waals surface area contributed by atoms with E-state index < -0.39 is 34.6 Å². The number of esters is 1. The number of hydrogen-bond donors (Lipinski definition) is 1. The van der Waals surface area contributed by atoms with E-state index in [-0.39, 0.29) is 36.2 Å². The SMILES string of the molecule is C=C([N-]C(=O)c1csc(C2=C/C=C(/C(=O)N(I)CCCCCCOS(C)=O)CC/C=C\2)n1)C(=O)NC(=C)C(=O)OC.[Li+]. The maximum Gasteiger partial charge on any atom is 1.00 e. The summed E-state index contributed by atoms with van der Waals surface area (Å²) in [6.07, 6.45) is 13.7. The van der Waals surface area contributed by atoms with Crippen LogP contribution in [-0.2, 0) is 34.4 Å². The second kappa shape index (κ2) is 19.8. The molecule has 1 unspecified atom stereocenters. The van der Waals surface area contributed by atoms with Crippen molar-refractivity contribution in [1.82, 2.24) is 13.4 Å². The molecule has 1 atom stereocenters. The molecule has 0 radical (unpaired) electrons. The molecule has 11 nitrogen and oxygen atoms in total. The zero-order chi connectivity index (χ0) is 30.4. The van der Waals surface area contributed by atoms with Crippen molar-refractivity contribution in [3.63, 3.8) is 0 Å². The fourth-order valence-electron chi connectivity index (χ4n) is 3.36. The second-order valence-corrected chi connectivity index (χ2v) is 11.7. The average molecular weight is 723 g/mol. The molecule has 0 saturated heterocycles. The Morgan fingerprint density at radius 2 is 1.90 bits per heavy atom. The Morgan fingerprint density at radius 1 is 1.19 bits per heavy atom. The van der Waals surface area contributed by atoms with E-state index in [1.807, 2.05) is 35.0 Å². The van der Waals surface area contributed by atoms with Gasteiger partial charge in [0, 0.05) is 29.3 Å². The van der Waals surface area contributed by atoms with Crippen molar-refractivity contribution in [2.24, 2.45) is 0 Å². The van der Waals surface area contributed by atoms with Crippen LogP contribution in [0.3, 0.4) is 0 Å². The summed E-state index contributed by atoms with van der Waals surface area (Å²) in [6.45, 7) is 7.92. The van der Waals surface area contributed by atoms with E-state index in [4.69, 9.17) is 4.18 Å². The van der Waals surface area contributed by atoms with Crippen molar-refractivity contribution in [3.8, 4) is 0 Å². The maximum atomic E-state index is 13.0. The van der Waals surface area contributed by atoms with Crippen molar-refractivity contribution < 1.29 is 51.2 Å². The van der Waals surface area contributed by atoms with Gasteiger partial charge in [0.05, 0.1) is 42.3 Å². The third-order valence-corrected chi connectivity index (χ3v) is 7.81. The molecular weight excluding hydrogens is 690 g/mol. The normalized spacial score (nSPS) is 16.5. The molecule has 1 aliphatic carbocycles. The number of nitrogens with one attached hydrogen (secondary N) is 1. The van der Waals surface area contributed by atoms with Crippen LogP contribution in [0, 0.1) is 0 Å². The van der Waals surface area contributed by atoms with Gasteiger partial charge in [-0.1, -0.05) is 49.4 Å². The summed E-state index contributed by atoms with van der Waals surface area (Å²) in [5.41, 5.74) is 0.678. The molecule has 1 N–H and O–H groups in total. The molecule has 15 heteroatoms. The predicted molar refractivity (Wildman–Crippen MR) is 167 cm³/mol. The maximum absolute atomic E-state index is 13.0. The molecule has 42 heavy (non-hydrogen) atoms. The van der Waals surface area contributed by atoms with Crippen molar-refractivity contribution in [1.29, 1.82) is 0 Å². The van der Waals surface area contributed by atoms with Crippen LogP contribution in [0.15, 0.2) is 59.8 Å². The van der Waals surface area contributed by atoms with Gasteiger partial charge in [0.2, 0.25) is 5.91 Å². The summed E-state index contributed by atoms with van der Waals surface area (Å²) >= 11 is 2.02. The molecule has 1 aliphatic rings. The first kappa shape index (κ1) is 37.7. The molecule has 0 saturated carbocycles. The number of nitrogens with zero attached hydrogens (tertiary/aromatic N) is 3. The molecule has 222 valence electrons. The Morgan fingerprint density at radius 3 is 2.60 bits per heavy atom. The molecule has 0 fully saturated rings. The molecule has 0 aromatic carbocycles. The molecule has 3 amide bonds. The standard InChI is InChI=1S/C27H33IN4O7S2.Li/c1-18(23(33)30-19(2)27(36)38-3)29-24(34)22-17-40-25(31-22)20-11-7-8-12-21(14-13-20)26(35)32(28)15-9-5-6-10-16-39-41(4)37;/h7,11,13-14,17H,1-2,5-6,8-10,12,15-16H2,3-4H3,(H2,29,30,33,34);/q;+1/p-1/b11-7-,20-13+,21-14+;. The molecule has 0 spiro atoms. The second-order valence-electron chi connectivity index (χ2n) is 8.61. The number of hydrogen-bond acceptors (Lipinski definition) is 9. The van der Waals surface area contributed by atoms with Crippen LogP contribution in [-0.4, -0.2) is 62.5 Å². The fraction of sp³-hybridized carbons (Fsp3) is 0.370. The quantitative estimate of drug-likeness (QED) is 0.0720. The summed E-state index contributed by atoms with van der Waals surface area (Å²) in [7, 11) is 1.14. The summed E-state index contributed by atoms with van der Waals surface area (Å²) < 4.78 is 22.1. The van der Waals surface area contributed by atoms with Gasteiger partial charge in [0.1, 0.15) is 16.6 Å². The van der Waals surface area contributed by atoms with Crippen LogP contribution in [0.5, 0.6) is 0 Å². The van der Waals surface area contributed by atoms with Crippen molar-refractivity contribution in [2.75, 3.05) is 26.5 Å². The molecule has 1 aromatic rings. The first-order valence-corrected chi connectivity index (χ1v) is 15.9. The van der Waals surface area contributed by atoms with Crippen LogP contribution < -0.4 is 24.2 Å². The first-order valence-electron chi connectivity index (χ1n) is 12.5. The van der Waals surface area contributed by atoms with Gasteiger partial charge in [-0.2, -0.15) is 0 Å². The van der Waals surface area contributed by atoms with Gasteiger partial charge in [-0.3, -0.25) is 16.9 Å². The van der Waals surface area contributed by atoms with Crippen LogP contribution in [0.1, 0.15) is 54.0 Å². The number of allylic oxidation sites excluding steroid dienone is 5. The van der Waals surface area contributed by atoms with Gasteiger partial charge in [-0.15, -0.1) is 17.9 Å². The van der Waals surface area contributed by atoms with Crippen molar-refractivity contribution in [2.45, 2.75) is 38.5 Å². The molecule has 0 bridgehead atoms. The number of unbranched alkanes of at least 4 members (excludes halogenated alkanes) is 3. The number of rotatable bonds is 15. The molecule has 0 aliphatic heterocycles. The Labute approximate surface area is 278 Å². The topological polar surface area (TPSA) is 146 Å². The summed E-state index contributed by atoms with van der Waals surface area (Å²) in [6, 6.07) is 0. The Balaban J connectivity index is 0.00000882. The number of methoxy groups -OCH3 is 1. The summed E-state index contributed by atoms with van der Waals surface area (Å²) in [4.78, 5) is 53.4. The van der Waals surface area contributed by atoms with E-state index in [1.54, 1.807) is 15.3 Å².